The summed E-state index contributed by atoms with van der Waals surface area (Å²) in [6, 6.07) is 0. The van der Waals surface area contributed by atoms with Gasteiger partial charge >= 0.3 is 0 Å². The Balaban J connectivity index is 2.26. The number of nitrogens with two attached hydrogens (primary N) is 1. The molecule has 1 aliphatic heterocycles. The molecule has 0 amide bonds. The summed E-state index contributed by atoms with van der Waals surface area (Å²) in [4.78, 5) is 8.24. The van der Waals surface area contributed by atoms with Gasteiger partial charge in [0.05, 0.1) is 5.69 Å². The molecule has 3 N–H and O–H groups in total. The molecule has 1 aromatic heterocycles. The lowest BCUT2D eigenvalue weighted by molar-refractivity contribution is 0.733. The van der Waals surface area contributed by atoms with Gasteiger partial charge in [-0.15, -0.1) is 0 Å². The van der Waals surface area contributed by atoms with E-state index < -0.39 is 0 Å². The van der Waals surface area contributed by atoms with Crippen LogP contribution >= 0.6 is 0 Å². The van der Waals surface area contributed by atoms with Gasteiger partial charge in [0.15, 0.2) is 0 Å². The average Bonchev–Trinajstić information content (AvgIpc) is 2.57. The van der Waals surface area contributed by atoms with Gasteiger partial charge in [0.25, 0.3) is 0 Å². The van der Waals surface area contributed by atoms with Crippen LogP contribution in [-0.2, 0) is 0 Å². The molecule has 4 heteroatoms. The standard InChI is InChI=1S/C8H12N4/c9-8-7(11-3-4-12-8)6-1-2-10-5-6/h3-4,6,10H,1-2,5H2,(H2,9,12). The maximum Gasteiger partial charge on any atom is 0.145 e. The van der Waals surface area contributed by atoms with Crippen LogP contribution in [0.15, 0.2) is 12.4 Å². The molecule has 1 saturated heterocycles. The third kappa shape index (κ3) is 1.25. The van der Waals surface area contributed by atoms with E-state index in [4.69, 9.17) is 5.73 Å². The Bertz CT molecular complexity index is 268. The van der Waals surface area contributed by atoms with Crippen molar-refractivity contribution in [1.29, 1.82) is 0 Å². The lowest BCUT2D eigenvalue weighted by Crippen LogP contribution is -2.11. The molecule has 0 aromatic carbocycles. The zero-order chi connectivity index (χ0) is 8.39. The van der Waals surface area contributed by atoms with Crippen molar-refractivity contribution in [3.8, 4) is 0 Å². The first kappa shape index (κ1) is 7.49. The lowest BCUT2D eigenvalue weighted by atomic mass is 10.1. The van der Waals surface area contributed by atoms with Gasteiger partial charge in [-0.2, -0.15) is 0 Å². The molecule has 1 aliphatic rings. The Hall–Kier alpha value is -1.16. The van der Waals surface area contributed by atoms with Crippen molar-refractivity contribution in [3.05, 3.63) is 18.1 Å². The molecule has 0 saturated carbocycles. The van der Waals surface area contributed by atoms with Crippen molar-refractivity contribution < 1.29 is 0 Å². The molecule has 2 rings (SSSR count). The van der Waals surface area contributed by atoms with Gasteiger partial charge < -0.3 is 11.1 Å². The van der Waals surface area contributed by atoms with Gasteiger partial charge in [0.2, 0.25) is 0 Å². The van der Waals surface area contributed by atoms with Crippen molar-refractivity contribution in [2.24, 2.45) is 0 Å². The molecule has 0 radical (unpaired) electrons. The Kier molecular flexibility index (Phi) is 1.91. The molecule has 4 nitrogen and oxygen atoms in total. The fraction of sp³-hybridized carbons (Fsp3) is 0.500. The average molecular weight is 164 g/mol. The van der Waals surface area contributed by atoms with E-state index in [1.165, 1.54) is 0 Å². The van der Waals surface area contributed by atoms with Crippen LogP contribution in [0, 0.1) is 0 Å². The van der Waals surface area contributed by atoms with Crippen molar-refractivity contribution in [3.63, 3.8) is 0 Å². The summed E-state index contributed by atoms with van der Waals surface area (Å²) in [6.07, 6.45) is 4.44. The zero-order valence-electron chi connectivity index (χ0n) is 6.83. The van der Waals surface area contributed by atoms with Gasteiger partial charge in [-0.1, -0.05) is 0 Å². The van der Waals surface area contributed by atoms with E-state index in [1.54, 1.807) is 12.4 Å². The third-order valence-corrected chi connectivity index (χ3v) is 2.20. The normalized spacial score (nSPS) is 22.8. The molecule has 0 spiro atoms. The van der Waals surface area contributed by atoms with Gasteiger partial charge in [-0.25, -0.2) is 4.98 Å². The Labute approximate surface area is 71.2 Å². The Morgan fingerprint density at radius 1 is 1.42 bits per heavy atom. The second-order valence-corrected chi connectivity index (χ2v) is 3.02. The van der Waals surface area contributed by atoms with E-state index >= 15 is 0 Å². The van der Waals surface area contributed by atoms with E-state index in [0.717, 1.165) is 25.2 Å². The number of anilines is 1. The molecule has 1 unspecified atom stereocenters. The van der Waals surface area contributed by atoms with Crippen molar-refractivity contribution in [1.82, 2.24) is 15.3 Å². The molecule has 12 heavy (non-hydrogen) atoms. The number of nitrogens with zero attached hydrogens (tertiary/aromatic N) is 2. The number of rotatable bonds is 1. The minimum Gasteiger partial charge on any atom is -0.382 e. The molecule has 64 valence electrons. The highest BCUT2D eigenvalue weighted by atomic mass is 14.9. The van der Waals surface area contributed by atoms with Gasteiger partial charge in [-0.05, 0) is 13.0 Å². The Morgan fingerprint density at radius 2 is 2.25 bits per heavy atom. The third-order valence-electron chi connectivity index (χ3n) is 2.20. The predicted molar refractivity (Wildman–Crippen MR) is 46.7 cm³/mol. The van der Waals surface area contributed by atoms with E-state index in [1.807, 2.05) is 0 Å². The first-order valence-electron chi connectivity index (χ1n) is 4.15. The summed E-state index contributed by atoms with van der Waals surface area (Å²) in [6.45, 7) is 2.03. The molecule has 0 aliphatic carbocycles. The fourth-order valence-electron chi connectivity index (χ4n) is 1.56. The Morgan fingerprint density at radius 3 is 2.92 bits per heavy atom. The molecular weight excluding hydrogens is 152 g/mol. The minimum absolute atomic E-state index is 0.457. The first-order valence-corrected chi connectivity index (χ1v) is 4.15. The van der Waals surface area contributed by atoms with Crippen LogP contribution in [0.25, 0.3) is 0 Å². The topological polar surface area (TPSA) is 63.8 Å². The predicted octanol–water partition coefficient (Wildman–Crippen LogP) is 0.136. The van der Waals surface area contributed by atoms with Gasteiger partial charge in [0.1, 0.15) is 5.82 Å². The van der Waals surface area contributed by atoms with E-state index in [9.17, 15) is 0 Å². The molecule has 1 aromatic rings. The second kappa shape index (κ2) is 3.06. The summed E-state index contributed by atoms with van der Waals surface area (Å²) in [5.74, 6) is 1.03. The van der Waals surface area contributed by atoms with E-state index in [0.29, 0.717) is 11.7 Å². The summed E-state index contributed by atoms with van der Waals surface area (Å²) in [7, 11) is 0. The maximum absolute atomic E-state index is 5.70. The highest BCUT2D eigenvalue weighted by Crippen LogP contribution is 2.22. The van der Waals surface area contributed by atoms with Crippen LogP contribution in [-0.4, -0.2) is 23.1 Å². The van der Waals surface area contributed by atoms with Crippen LogP contribution in [0.1, 0.15) is 18.0 Å². The maximum atomic E-state index is 5.70. The largest absolute Gasteiger partial charge is 0.382 e. The molecule has 1 fully saturated rings. The summed E-state index contributed by atoms with van der Waals surface area (Å²) in [5, 5.41) is 3.27. The summed E-state index contributed by atoms with van der Waals surface area (Å²) >= 11 is 0. The monoisotopic (exact) mass is 164 g/mol. The van der Waals surface area contributed by atoms with Gasteiger partial charge in [-0.3, -0.25) is 4.98 Å². The quantitative estimate of drug-likeness (QED) is 0.619. The second-order valence-electron chi connectivity index (χ2n) is 3.02. The van der Waals surface area contributed by atoms with Crippen molar-refractivity contribution >= 4 is 5.82 Å². The highest BCUT2D eigenvalue weighted by Gasteiger charge is 2.20. The van der Waals surface area contributed by atoms with Crippen LogP contribution in [0.4, 0.5) is 5.82 Å². The smallest absolute Gasteiger partial charge is 0.145 e. The van der Waals surface area contributed by atoms with Crippen LogP contribution in [0.3, 0.4) is 0 Å². The van der Waals surface area contributed by atoms with Crippen molar-refractivity contribution in [2.75, 3.05) is 18.8 Å². The molecule has 1 atom stereocenters. The number of nitrogens with one attached hydrogen (secondary N) is 1. The van der Waals surface area contributed by atoms with E-state index in [-0.39, 0.29) is 0 Å². The zero-order valence-corrected chi connectivity index (χ0v) is 6.83. The van der Waals surface area contributed by atoms with Crippen LogP contribution in [0.2, 0.25) is 0 Å². The molecular formula is C8H12N4. The molecule has 0 bridgehead atoms. The van der Waals surface area contributed by atoms with Crippen LogP contribution < -0.4 is 11.1 Å². The number of nitrogen functional groups attached to an aromatic ring is 1. The number of hydrogen-bond donors (Lipinski definition) is 2. The lowest BCUT2D eigenvalue weighted by Gasteiger charge is -2.08. The van der Waals surface area contributed by atoms with E-state index in [2.05, 4.69) is 15.3 Å². The van der Waals surface area contributed by atoms with Crippen LogP contribution in [0.5, 0.6) is 0 Å². The fourth-order valence-corrected chi connectivity index (χ4v) is 1.56. The first-order chi connectivity index (χ1) is 5.88. The molecule has 2 heterocycles. The highest BCUT2D eigenvalue weighted by molar-refractivity contribution is 5.36. The van der Waals surface area contributed by atoms with Crippen molar-refractivity contribution in [2.45, 2.75) is 12.3 Å². The summed E-state index contributed by atoms with van der Waals surface area (Å²) < 4.78 is 0. The minimum atomic E-state index is 0.457. The summed E-state index contributed by atoms with van der Waals surface area (Å²) in [5.41, 5.74) is 6.65. The number of aromatic nitrogens is 2. The van der Waals surface area contributed by atoms with Gasteiger partial charge in [0, 0.05) is 24.9 Å². The SMILES string of the molecule is Nc1nccnc1C1CCNC1. The number of hydrogen-bond acceptors (Lipinski definition) is 4.